The highest BCUT2D eigenvalue weighted by Crippen LogP contribution is 2.36. The molecule has 3 aromatic rings. The van der Waals surface area contributed by atoms with E-state index in [1.165, 1.54) is 10.9 Å². The Labute approximate surface area is 171 Å². The Kier molecular flexibility index (Phi) is 5.74. The highest BCUT2D eigenvalue weighted by atomic mass is 16.5. The van der Waals surface area contributed by atoms with E-state index < -0.39 is 0 Å². The second-order valence-electron chi connectivity index (χ2n) is 7.56. The number of carbonyl (C=O) groups excluding carboxylic acids is 1. The minimum absolute atomic E-state index is 0.0137. The molecule has 0 radical (unpaired) electrons. The van der Waals surface area contributed by atoms with Gasteiger partial charge in [-0.15, -0.1) is 0 Å². The molecule has 29 heavy (non-hydrogen) atoms. The first-order valence-corrected chi connectivity index (χ1v) is 10.4. The van der Waals surface area contributed by atoms with Crippen molar-refractivity contribution in [3.63, 3.8) is 0 Å². The fourth-order valence-electron chi connectivity index (χ4n) is 3.98. The molecule has 0 bridgehead atoms. The largest absolute Gasteiger partial charge is 0.493 e. The van der Waals surface area contributed by atoms with Crippen LogP contribution in [0.5, 0.6) is 11.5 Å². The molecule has 1 aliphatic carbocycles. The van der Waals surface area contributed by atoms with Crippen LogP contribution in [0.2, 0.25) is 0 Å². The highest BCUT2D eigenvalue weighted by molar-refractivity contribution is 5.84. The number of methoxy groups -OCH3 is 1. The average Bonchev–Trinajstić information content (AvgIpc) is 3.12. The van der Waals surface area contributed by atoms with E-state index in [2.05, 4.69) is 28.5 Å². The van der Waals surface area contributed by atoms with Gasteiger partial charge in [0.1, 0.15) is 0 Å². The molecule has 0 spiro atoms. The standard InChI is InChI=1S/C24H28N2O3/c1-3-29-22-12-11-17(13-23(22)28-2)19(14-26-24(27)16-7-6-8-16)20-15-25-21-10-5-4-9-18(20)21/h4-5,9-13,15-16,19,25H,3,6-8,14H2,1-2H3,(H,26,27)/t19-/m1/s1. The van der Waals surface area contributed by atoms with Gasteiger partial charge in [-0.1, -0.05) is 30.7 Å². The molecule has 1 heterocycles. The molecule has 4 rings (SSSR count). The van der Waals surface area contributed by atoms with Crippen molar-refractivity contribution in [1.29, 1.82) is 0 Å². The number of fused-ring (bicyclic) bond motifs is 1. The third-order valence-corrected chi connectivity index (χ3v) is 5.84. The summed E-state index contributed by atoms with van der Waals surface area (Å²) in [5.74, 6) is 1.79. The minimum Gasteiger partial charge on any atom is -0.493 e. The number of nitrogens with one attached hydrogen (secondary N) is 2. The van der Waals surface area contributed by atoms with Crippen LogP contribution in [-0.4, -0.2) is 31.2 Å². The summed E-state index contributed by atoms with van der Waals surface area (Å²) in [6.07, 6.45) is 5.20. The lowest BCUT2D eigenvalue weighted by atomic mass is 9.84. The van der Waals surface area contributed by atoms with Gasteiger partial charge in [-0.25, -0.2) is 0 Å². The number of benzene rings is 2. The molecule has 1 fully saturated rings. The molecule has 1 atom stereocenters. The average molecular weight is 392 g/mol. The van der Waals surface area contributed by atoms with E-state index in [0.29, 0.717) is 18.9 Å². The van der Waals surface area contributed by atoms with Crippen LogP contribution in [-0.2, 0) is 4.79 Å². The minimum atomic E-state index is 0.0137. The van der Waals surface area contributed by atoms with Crippen LogP contribution in [0.1, 0.15) is 43.2 Å². The van der Waals surface area contributed by atoms with Crippen molar-refractivity contribution in [2.45, 2.75) is 32.1 Å². The first kappa shape index (κ1) is 19.4. The van der Waals surface area contributed by atoms with Crippen molar-refractivity contribution in [2.75, 3.05) is 20.3 Å². The predicted molar refractivity (Wildman–Crippen MR) is 115 cm³/mol. The number of aromatic nitrogens is 1. The normalized spacial score (nSPS) is 15.0. The summed E-state index contributed by atoms with van der Waals surface area (Å²) in [5, 5.41) is 4.36. The Morgan fingerprint density at radius 3 is 2.76 bits per heavy atom. The smallest absolute Gasteiger partial charge is 0.223 e. The lowest BCUT2D eigenvalue weighted by Crippen LogP contribution is -2.37. The summed E-state index contributed by atoms with van der Waals surface area (Å²) in [7, 11) is 1.65. The van der Waals surface area contributed by atoms with Crippen molar-refractivity contribution < 1.29 is 14.3 Å². The quantitative estimate of drug-likeness (QED) is 0.588. The van der Waals surface area contributed by atoms with Crippen molar-refractivity contribution in [1.82, 2.24) is 10.3 Å². The number of aromatic amines is 1. The van der Waals surface area contributed by atoms with Crippen LogP contribution < -0.4 is 14.8 Å². The molecule has 0 unspecified atom stereocenters. The third kappa shape index (κ3) is 3.95. The van der Waals surface area contributed by atoms with Gasteiger partial charge >= 0.3 is 0 Å². The van der Waals surface area contributed by atoms with Gasteiger partial charge in [0.05, 0.1) is 13.7 Å². The van der Waals surface area contributed by atoms with E-state index in [1.807, 2.05) is 37.4 Å². The van der Waals surface area contributed by atoms with E-state index >= 15 is 0 Å². The number of rotatable bonds is 8. The molecule has 5 nitrogen and oxygen atoms in total. The Hall–Kier alpha value is -2.95. The van der Waals surface area contributed by atoms with E-state index in [0.717, 1.165) is 36.1 Å². The van der Waals surface area contributed by atoms with Crippen LogP contribution in [0.25, 0.3) is 10.9 Å². The van der Waals surface area contributed by atoms with Gasteiger partial charge < -0.3 is 19.8 Å². The Bertz CT molecular complexity index is 991. The molecule has 5 heteroatoms. The Morgan fingerprint density at radius 2 is 2.03 bits per heavy atom. The lowest BCUT2D eigenvalue weighted by molar-refractivity contribution is -0.127. The number of hydrogen-bond acceptors (Lipinski definition) is 3. The summed E-state index contributed by atoms with van der Waals surface area (Å²) in [4.78, 5) is 15.9. The molecule has 2 N–H and O–H groups in total. The number of amides is 1. The molecule has 0 aliphatic heterocycles. The monoisotopic (exact) mass is 392 g/mol. The van der Waals surface area contributed by atoms with Crippen LogP contribution in [0, 0.1) is 5.92 Å². The SMILES string of the molecule is CCOc1ccc([C@@H](CNC(=O)C2CCC2)c2c[nH]c3ccccc23)cc1OC. The summed E-state index contributed by atoms with van der Waals surface area (Å²) >= 11 is 0. The zero-order valence-electron chi connectivity index (χ0n) is 17.0. The number of ether oxygens (including phenoxy) is 2. The number of carbonyl (C=O) groups is 1. The van der Waals surface area contributed by atoms with Gasteiger partial charge in [-0.05, 0) is 49.1 Å². The van der Waals surface area contributed by atoms with Gasteiger partial charge in [-0.2, -0.15) is 0 Å². The van der Waals surface area contributed by atoms with Crippen LogP contribution in [0.3, 0.4) is 0 Å². The molecule has 2 aromatic carbocycles. The molecule has 1 saturated carbocycles. The van der Waals surface area contributed by atoms with Gasteiger partial charge in [0.2, 0.25) is 5.91 Å². The van der Waals surface area contributed by atoms with Crippen molar-refractivity contribution in [2.24, 2.45) is 5.92 Å². The molecule has 152 valence electrons. The first-order chi connectivity index (χ1) is 14.2. The topological polar surface area (TPSA) is 63.3 Å². The predicted octanol–water partition coefficient (Wildman–Crippen LogP) is 4.62. The second kappa shape index (κ2) is 8.60. The highest BCUT2D eigenvalue weighted by Gasteiger charge is 2.27. The summed E-state index contributed by atoms with van der Waals surface area (Å²) in [6.45, 7) is 3.09. The Morgan fingerprint density at radius 1 is 1.21 bits per heavy atom. The zero-order chi connectivity index (χ0) is 20.2. The van der Waals surface area contributed by atoms with Gasteiger partial charge in [0, 0.05) is 35.5 Å². The van der Waals surface area contributed by atoms with Gasteiger partial charge in [0.25, 0.3) is 0 Å². The number of hydrogen-bond donors (Lipinski definition) is 2. The first-order valence-electron chi connectivity index (χ1n) is 10.4. The second-order valence-corrected chi connectivity index (χ2v) is 7.56. The number of para-hydroxylation sites is 1. The molecule has 0 saturated heterocycles. The summed E-state index contributed by atoms with van der Waals surface area (Å²) in [5.41, 5.74) is 3.35. The third-order valence-electron chi connectivity index (χ3n) is 5.84. The lowest BCUT2D eigenvalue weighted by Gasteiger charge is -2.26. The van der Waals surface area contributed by atoms with Crippen molar-refractivity contribution >= 4 is 16.8 Å². The van der Waals surface area contributed by atoms with E-state index in [4.69, 9.17) is 9.47 Å². The fourth-order valence-corrected chi connectivity index (χ4v) is 3.98. The number of H-pyrrole nitrogens is 1. The molecular weight excluding hydrogens is 364 g/mol. The maximum atomic E-state index is 12.5. The molecule has 1 aromatic heterocycles. The Balaban J connectivity index is 1.68. The molecular formula is C24H28N2O3. The zero-order valence-corrected chi connectivity index (χ0v) is 17.0. The maximum absolute atomic E-state index is 12.5. The van der Waals surface area contributed by atoms with E-state index in [1.54, 1.807) is 7.11 Å². The van der Waals surface area contributed by atoms with E-state index in [9.17, 15) is 4.79 Å². The van der Waals surface area contributed by atoms with E-state index in [-0.39, 0.29) is 17.7 Å². The van der Waals surface area contributed by atoms with Crippen LogP contribution >= 0.6 is 0 Å². The van der Waals surface area contributed by atoms with Crippen molar-refractivity contribution in [3.05, 3.63) is 59.8 Å². The van der Waals surface area contributed by atoms with Gasteiger partial charge in [0.15, 0.2) is 11.5 Å². The van der Waals surface area contributed by atoms with Crippen molar-refractivity contribution in [3.8, 4) is 11.5 Å². The molecule has 1 aliphatic rings. The van der Waals surface area contributed by atoms with Gasteiger partial charge in [-0.3, -0.25) is 4.79 Å². The van der Waals surface area contributed by atoms with Crippen LogP contribution in [0.15, 0.2) is 48.7 Å². The summed E-state index contributed by atoms with van der Waals surface area (Å²) < 4.78 is 11.2. The molecule has 1 amide bonds. The maximum Gasteiger partial charge on any atom is 0.223 e. The fraction of sp³-hybridized carbons (Fsp3) is 0.375. The summed E-state index contributed by atoms with van der Waals surface area (Å²) in [6, 6.07) is 14.3. The van der Waals surface area contributed by atoms with Crippen LogP contribution in [0.4, 0.5) is 0 Å².